The molecule has 6 nitrogen and oxygen atoms in total. The van der Waals surface area contributed by atoms with Crippen molar-refractivity contribution < 1.29 is 5.11 Å². The van der Waals surface area contributed by atoms with E-state index < -0.39 is 0 Å². The number of aliphatic hydroxyl groups is 1. The van der Waals surface area contributed by atoms with E-state index in [1.807, 2.05) is 18.2 Å². The van der Waals surface area contributed by atoms with Crippen molar-refractivity contribution >= 4 is 11.0 Å². The summed E-state index contributed by atoms with van der Waals surface area (Å²) in [5.41, 5.74) is 3.54. The molecule has 1 atom stereocenters. The fourth-order valence-electron chi connectivity index (χ4n) is 2.82. The fourth-order valence-corrected chi connectivity index (χ4v) is 2.82. The number of aliphatic hydroxyl groups excluding tert-OH is 1. The maximum atomic E-state index is 9.69. The highest BCUT2D eigenvalue weighted by molar-refractivity contribution is 5.74. The van der Waals surface area contributed by atoms with Gasteiger partial charge in [-0.1, -0.05) is 6.07 Å². The van der Waals surface area contributed by atoms with Crippen molar-refractivity contribution in [1.82, 2.24) is 25.9 Å². The predicted molar refractivity (Wildman–Crippen MR) is 99.9 cm³/mol. The molecule has 0 bridgehead atoms. The molecule has 132 valence electrons. The average molecular weight is 339 g/mol. The standard InChI is InChI=1S/C14H14N4O.C5H11N/c19-14-3-4-15-9-13(14)18-8-10-1-2-11-12(7-10)17-6-5-16-11;1-5-3-2-4-6-5/h1-3,5-7,9,15,18-19H,4,8H2;5-6H,2-4H2,1H3. The normalized spacial score (nSPS) is 19.3. The Hall–Kier alpha value is -2.60. The van der Waals surface area contributed by atoms with Gasteiger partial charge in [-0.3, -0.25) is 9.97 Å². The van der Waals surface area contributed by atoms with Gasteiger partial charge in [0.25, 0.3) is 0 Å². The van der Waals surface area contributed by atoms with Crippen LogP contribution >= 0.6 is 0 Å². The Kier molecular flexibility index (Phi) is 5.85. The van der Waals surface area contributed by atoms with Crippen molar-refractivity contribution in [3.8, 4) is 0 Å². The molecule has 0 spiro atoms. The molecule has 0 aliphatic carbocycles. The van der Waals surface area contributed by atoms with Gasteiger partial charge in [-0.15, -0.1) is 0 Å². The van der Waals surface area contributed by atoms with E-state index in [4.69, 9.17) is 0 Å². The summed E-state index contributed by atoms with van der Waals surface area (Å²) >= 11 is 0. The molecule has 1 aromatic carbocycles. The van der Waals surface area contributed by atoms with Gasteiger partial charge in [0, 0.05) is 37.7 Å². The first-order valence-corrected chi connectivity index (χ1v) is 8.72. The SMILES string of the molecule is CC1CCCN1.OC1=CCNC=C1NCc1ccc2nccnc2c1. The van der Waals surface area contributed by atoms with Crippen LogP contribution in [-0.4, -0.2) is 34.2 Å². The molecule has 2 aliphatic rings. The number of hydrogen-bond acceptors (Lipinski definition) is 6. The van der Waals surface area contributed by atoms with Gasteiger partial charge in [0.2, 0.25) is 0 Å². The van der Waals surface area contributed by atoms with Crippen LogP contribution in [0.25, 0.3) is 11.0 Å². The van der Waals surface area contributed by atoms with E-state index in [-0.39, 0.29) is 5.76 Å². The minimum Gasteiger partial charge on any atom is -0.506 e. The van der Waals surface area contributed by atoms with Crippen LogP contribution < -0.4 is 16.0 Å². The number of nitrogens with one attached hydrogen (secondary N) is 3. The summed E-state index contributed by atoms with van der Waals surface area (Å²) in [4.78, 5) is 8.50. The van der Waals surface area contributed by atoms with E-state index in [0.717, 1.165) is 22.6 Å². The summed E-state index contributed by atoms with van der Waals surface area (Å²) in [5, 5.41) is 19.2. The molecule has 0 radical (unpaired) electrons. The van der Waals surface area contributed by atoms with E-state index in [9.17, 15) is 5.11 Å². The Labute approximate surface area is 148 Å². The number of fused-ring (bicyclic) bond motifs is 1. The van der Waals surface area contributed by atoms with E-state index in [0.29, 0.717) is 18.8 Å². The van der Waals surface area contributed by atoms with Crippen LogP contribution in [0.1, 0.15) is 25.3 Å². The largest absolute Gasteiger partial charge is 0.506 e. The highest BCUT2D eigenvalue weighted by Crippen LogP contribution is 2.12. The zero-order valence-corrected chi connectivity index (χ0v) is 14.5. The summed E-state index contributed by atoms with van der Waals surface area (Å²) in [6, 6.07) is 6.74. The van der Waals surface area contributed by atoms with Gasteiger partial charge in [0.05, 0.1) is 16.7 Å². The number of aromatic nitrogens is 2. The number of dihydropyridines is 1. The molecule has 0 amide bonds. The minimum absolute atomic E-state index is 0.277. The summed E-state index contributed by atoms with van der Waals surface area (Å²) in [7, 11) is 0. The summed E-state index contributed by atoms with van der Waals surface area (Å²) < 4.78 is 0. The Balaban J connectivity index is 0.000000258. The number of nitrogens with zero attached hydrogens (tertiary/aromatic N) is 2. The molecule has 1 saturated heterocycles. The van der Waals surface area contributed by atoms with Crippen LogP contribution in [0.2, 0.25) is 0 Å². The Morgan fingerprint density at radius 2 is 2.08 bits per heavy atom. The molecule has 4 N–H and O–H groups in total. The van der Waals surface area contributed by atoms with Crippen molar-refractivity contribution in [1.29, 1.82) is 0 Å². The molecule has 0 saturated carbocycles. The smallest absolute Gasteiger partial charge is 0.137 e. The van der Waals surface area contributed by atoms with E-state index in [1.165, 1.54) is 19.4 Å². The summed E-state index contributed by atoms with van der Waals surface area (Å²) in [5.74, 6) is 0.277. The Morgan fingerprint density at radius 3 is 2.76 bits per heavy atom. The third kappa shape index (κ3) is 4.93. The van der Waals surface area contributed by atoms with Crippen LogP contribution in [0.3, 0.4) is 0 Å². The fraction of sp³-hybridized carbons (Fsp3) is 0.368. The number of hydrogen-bond donors (Lipinski definition) is 4. The van der Waals surface area contributed by atoms with Gasteiger partial charge in [0.15, 0.2) is 0 Å². The summed E-state index contributed by atoms with van der Waals surface area (Å²) in [6.07, 6.45) is 9.62. The van der Waals surface area contributed by atoms with Crippen molar-refractivity contribution in [2.45, 2.75) is 32.4 Å². The third-order valence-corrected chi connectivity index (χ3v) is 4.26. The second kappa shape index (κ2) is 8.48. The lowest BCUT2D eigenvalue weighted by Crippen LogP contribution is -2.22. The van der Waals surface area contributed by atoms with Crippen molar-refractivity contribution in [3.63, 3.8) is 0 Å². The molecule has 2 aromatic rings. The highest BCUT2D eigenvalue weighted by Gasteiger charge is 2.07. The average Bonchev–Trinajstić information content (AvgIpc) is 3.12. The maximum absolute atomic E-state index is 9.69. The van der Waals surface area contributed by atoms with Gasteiger partial charge in [0.1, 0.15) is 5.76 Å². The second-order valence-electron chi connectivity index (χ2n) is 6.29. The maximum Gasteiger partial charge on any atom is 0.137 e. The van der Waals surface area contributed by atoms with Crippen molar-refractivity contribution in [2.75, 3.05) is 13.1 Å². The summed E-state index contributed by atoms with van der Waals surface area (Å²) in [6.45, 7) is 4.74. The number of benzene rings is 1. The minimum atomic E-state index is 0.277. The molecular formula is C19H25N5O. The predicted octanol–water partition coefficient (Wildman–Crippen LogP) is 2.36. The van der Waals surface area contributed by atoms with Crippen molar-refractivity contribution in [3.05, 3.63) is 59.9 Å². The van der Waals surface area contributed by atoms with Gasteiger partial charge in [-0.05, 0) is 50.1 Å². The molecule has 2 aliphatic heterocycles. The molecule has 1 unspecified atom stereocenters. The zero-order valence-electron chi connectivity index (χ0n) is 14.5. The van der Waals surface area contributed by atoms with Gasteiger partial charge >= 0.3 is 0 Å². The van der Waals surface area contributed by atoms with Crippen LogP contribution in [0.5, 0.6) is 0 Å². The van der Waals surface area contributed by atoms with Gasteiger partial charge in [-0.25, -0.2) is 0 Å². The molecule has 25 heavy (non-hydrogen) atoms. The first-order chi connectivity index (χ1) is 12.2. The van der Waals surface area contributed by atoms with Crippen LogP contribution in [0.15, 0.2) is 54.3 Å². The van der Waals surface area contributed by atoms with Crippen molar-refractivity contribution in [2.24, 2.45) is 0 Å². The lowest BCUT2D eigenvalue weighted by Gasteiger charge is -2.14. The quantitative estimate of drug-likeness (QED) is 0.687. The van der Waals surface area contributed by atoms with E-state index >= 15 is 0 Å². The van der Waals surface area contributed by atoms with Crippen LogP contribution in [0, 0.1) is 0 Å². The Morgan fingerprint density at radius 1 is 1.24 bits per heavy atom. The number of rotatable bonds is 3. The lowest BCUT2D eigenvalue weighted by molar-refractivity contribution is 0.406. The first-order valence-electron chi connectivity index (χ1n) is 8.72. The third-order valence-electron chi connectivity index (χ3n) is 4.26. The second-order valence-corrected chi connectivity index (χ2v) is 6.29. The van der Waals surface area contributed by atoms with E-state index in [2.05, 4.69) is 32.8 Å². The monoisotopic (exact) mass is 339 g/mol. The molecule has 6 heteroatoms. The molecule has 1 aromatic heterocycles. The van der Waals surface area contributed by atoms with Crippen LogP contribution in [-0.2, 0) is 6.54 Å². The van der Waals surface area contributed by atoms with Gasteiger partial charge < -0.3 is 21.1 Å². The van der Waals surface area contributed by atoms with Gasteiger partial charge in [-0.2, -0.15) is 0 Å². The Bertz CT molecular complexity index is 765. The molecular weight excluding hydrogens is 314 g/mol. The molecule has 1 fully saturated rings. The lowest BCUT2D eigenvalue weighted by atomic mass is 10.2. The zero-order chi connectivity index (χ0) is 17.5. The first kappa shape index (κ1) is 17.2. The van der Waals surface area contributed by atoms with Crippen LogP contribution in [0.4, 0.5) is 0 Å². The molecule has 4 rings (SSSR count). The van der Waals surface area contributed by atoms with E-state index in [1.54, 1.807) is 24.7 Å². The topological polar surface area (TPSA) is 82.1 Å². The highest BCUT2D eigenvalue weighted by atomic mass is 16.3. The molecule has 3 heterocycles.